The molecule has 0 amide bonds. The van der Waals surface area contributed by atoms with E-state index in [-0.39, 0.29) is 16.4 Å². The van der Waals surface area contributed by atoms with E-state index >= 15 is 0 Å². The molecule has 1 N–H and O–H groups in total. The van der Waals surface area contributed by atoms with Gasteiger partial charge in [-0.1, -0.05) is 23.6 Å². The van der Waals surface area contributed by atoms with Gasteiger partial charge < -0.3 is 5.11 Å². The fourth-order valence-corrected chi connectivity index (χ4v) is 1.25. The van der Waals surface area contributed by atoms with Crippen molar-refractivity contribution in [1.82, 2.24) is 0 Å². The van der Waals surface area contributed by atoms with Gasteiger partial charge in [0.1, 0.15) is 0 Å². The molecule has 84 valence electrons. The lowest BCUT2D eigenvalue weighted by Crippen LogP contribution is -1.90. The minimum Gasteiger partial charge on any atom is -0.505 e. The molecule has 0 aromatic heterocycles. The molecule has 0 aliphatic carbocycles. The molecule has 0 fully saturated rings. The van der Waals surface area contributed by atoms with Crippen LogP contribution in [0.15, 0.2) is 12.1 Å². The highest BCUT2D eigenvalue weighted by Gasteiger charge is 2.10. The van der Waals surface area contributed by atoms with E-state index < -0.39 is 17.4 Å². The lowest BCUT2D eigenvalue weighted by atomic mass is 10.2. The molecule has 0 spiro atoms. The average molecular weight is 242 g/mol. The van der Waals surface area contributed by atoms with Gasteiger partial charge in [-0.05, 0) is 12.1 Å². The highest BCUT2D eigenvalue weighted by atomic mass is 32.2. The third-order valence-corrected chi connectivity index (χ3v) is 2.33. The van der Waals surface area contributed by atoms with Crippen LogP contribution in [0.1, 0.15) is 12.5 Å². The Labute approximate surface area is 95.7 Å². The number of thioether (sulfide) groups is 1. The van der Waals surface area contributed by atoms with Crippen molar-refractivity contribution in [2.75, 3.05) is 5.75 Å². The molecule has 0 bridgehead atoms. The number of aromatic hydroxyl groups is 1. The predicted octanol–water partition coefficient (Wildman–Crippen LogP) is 2.30. The third-order valence-electron chi connectivity index (χ3n) is 1.63. The van der Waals surface area contributed by atoms with Gasteiger partial charge in [0.15, 0.2) is 16.7 Å². The molecule has 0 saturated heterocycles. The normalized spacial score (nSPS) is 9.44. The first kappa shape index (κ1) is 12.5. The average Bonchev–Trinajstić information content (AvgIpc) is 2.23. The lowest BCUT2D eigenvalue weighted by molar-refractivity contribution is -0.109. The summed E-state index contributed by atoms with van der Waals surface area (Å²) in [6.45, 7) is 1.40. The first-order chi connectivity index (χ1) is 7.52. The smallest absolute Gasteiger partial charge is 0.201 e. The van der Waals surface area contributed by atoms with Crippen LogP contribution in [-0.4, -0.2) is 16.0 Å². The van der Waals surface area contributed by atoms with Crippen molar-refractivity contribution in [3.05, 3.63) is 29.3 Å². The van der Waals surface area contributed by atoms with E-state index in [0.717, 1.165) is 17.8 Å². The number of carbonyl (C=O) groups is 1. The summed E-state index contributed by atoms with van der Waals surface area (Å²) >= 11 is 0.986. The van der Waals surface area contributed by atoms with Crippen molar-refractivity contribution >= 4 is 16.9 Å². The molecule has 0 heterocycles. The number of rotatable bonds is 1. The van der Waals surface area contributed by atoms with Crippen LogP contribution >= 0.6 is 11.8 Å². The van der Waals surface area contributed by atoms with Crippen molar-refractivity contribution in [3.63, 3.8) is 0 Å². The summed E-state index contributed by atoms with van der Waals surface area (Å²) in [6.07, 6.45) is 0. The predicted molar refractivity (Wildman–Crippen MR) is 58.0 cm³/mol. The molecule has 0 radical (unpaired) electrons. The quantitative estimate of drug-likeness (QED) is 0.768. The number of phenols is 1. The topological polar surface area (TPSA) is 37.3 Å². The summed E-state index contributed by atoms with van der Waals surface area (Å²) in [7, 11) is 0. The summed E-state index contributed by atoms with van der Waals surface area (Å²) < 4.78 is 26.0. The summed E-state index contributed by atoms with van der Waals surface area (Å²) in [5, 5.41) is 8.77. The van der Waals surface area contributed by atoms with Gasteiger partial charge in [-0.15, -0.1) is 0 Å². The maximum Gasteiger partial charge on any atom is 0.201 e. The van der Waals surface area contributed by atoms with E-state index in [9.17, 15) is 13.6 Å². The summed E-state index contributed by atoms with van der Waals surface area (Å²) in [6, 6.07) is 2.21. The van der Waals surface area contributed by atoms with Crippen LogP contribution in [0.25, 0.3) is 0 Å². The van der Waals surface area contributed by atoms with Crippen LogP contribution in [0.5, 0.6) is 5.75 Å². The van der Waals surface area contributed by atoms with E-state index in [2.05, 4.69) is 11.8 Å². The van der Waals surface area contributed by atoms with Gasteiger partial charge in [0.2, 0.25) is 5.82 Å². The van der Waals surface area contributed by atoms with E-state index in [1.807, 2.05) is 0 Å². The zero-order chi connectivity index (χ0) is 12.1. The van der Waals surface area contributed by atoms with E-state index in [1.54, 1.807) is 0 Å². The molecular formula is C11H8F2O2S. The van der Waals surface area contributed by atoms with Crippen LogP contribution < -0.4 is 0 Å². The molecule has 0 unspecified atom stereocenters. The summed E-state index contributed by atoms with van der Waals surface area (Å²) in [5.74, 6) is 1.89. The number of phenolic OH excluding ortho intramolecular Hbond substituents is 1. The van der Waals surface area contributed by atoms with Crippen molar-refractivity contribution < 1.29 is 18.7 Å². The second-order valence-corrected chi connectivity index (χ2v) is 3.99. The standard InChI is InChI=1S/C11H8F2O2S/c1-7(14)16-6-2-3-8-4-5-9(15)11(13)10(8)12/h4-5,15H,6H2,1H3. The number of halogens is 2. The molecule has 5 heteroatoms. The monoisotopic (exact) mass is 242 g/mol. The molecule has 1 aromatic carbocycles. The Hall–Kier alpha value is -1.54. The van der Waals surface area contributed by atoms with Crippen LogP contribution in [0.2, 0.25) is 0 Å². The maximum absolute atomic E-state index is 13.1. The Morgan fingerprint density at radius 3 is 2.75 bits per heavy atom. The Morgan fingerprint density at radius 2 is 2.12 bits per heavy atom. The van der Waals surface area contributed by atoms with Gasteiger partial charge >= 0.3 is 0 Å². The molecule has 16 heavy (non-hydrogen) atoms. The van der Waals surface area contributed by atoms with Gasteiger partial charge in [0.25, 0.3) is 0 Å². The number of hydrogen-bond acceptors (Lipinski definition) is 3. The highest BCUT2D eigenvalue weighted by molar-refractivity contribution is 8.13. The largest absolute Gasteiger partial charge is 0.505 e. The first-order valence-corrected chi connectivity index (χ1v) is 5.30. The maximum atomic E-state index is 13.1. The molecule has 0 aliphatic rings. The number of carbonyl (C=O) groups excluding carboxylic acids is 1. The zero-order valence-electron chi connectivity index (χ0n) is 8.38. The Kier molecular flexibility index (Phi) is 4.32. The molecule has 1 rings (SSSR count). The van der Waals surface area contributed by atoms with Gasteiger partial charge in [-0.25, -0.2) is 4.39 Å². The van der Waals surface area contributed by atoms with Gasteiger partial charge in [0.05, 0.1) is 11.3 Å². The van der Waals surface area contributed by atoms with Crippen molar-refractivity contribution in [1.29, 1.82) is 0 Å². The van der Waals surface area contributed by atoms with Gasteiger partial charge in [-0.3, -0.25) is 4.79 Å². The van der Waals surface area contributed by atoms with Crippen LogP contribution in [-0.2, 0) is 4.79 Å². The minimum atomic E-state index is -1.31. The zero-order valence-corrected chi connectivity index (χ0v) is 9.20. The first-order valence-electron chi connectivity index (χ1n) is 4.31. The molecule has 0 saturated carbocycles. The summed E-state index contributed by atoms with van der Waals surface area (Å²) in [4.78, 5) is 10.5. The fourth-order valence-electron chi connectivity index (χ4n) is 0.905. The molecular weight excluding hydrogens is 234 g/mol. The molecule has 0 aliphatic heterocycles. The second kappa shape index (κ2) is 5.52. The second-order valence-electron chi connectivity index (χ2n) is 2.84. The highest BCUT2D eigenvalue weighted by Crippen LogP contribution is 2.20. The summed E-state index contributed by atoms with van der Waals surface area (Å²) in [5.41, 5.74) is -0.139. The molecule has 2 nitrogen and oxygen atoms in total. The Bertz CT molecular complexity index is 475. The van der Waals surface area contributed by atoms with E-state index in [4.69, 9.17) is 5.11 Å². The molecule has 0 atom stereocenters. The number of hydrogen-bond donors (Lipinski definition) is 1. The van der Waals surface area contributed by atoms with Crippen molar-refractivity contribution in [2.45, 2.75) is 6.92 Å². The van der Waals surface area contributed by atoms with Gasteiger partial charge in [0, 0.05) is 6.92 Å². The third kappa shape index (κ3) is 3.24. The SMILES string of the molecule is CC(=O)SCC#Cc1ccc(O)c(F)c1F. The van der Waals surface area contributed by atoms with Crippen LogP contribution in [0.3, 0.4) is 0 Å². The molecule has 1 aromatic rings. The lowest BCUT2D eigenvalue weighted by Gasteiger charge is -1.98. The van der Waals surface area contributed by atoms with Gasteiger partial charge in [-0.2, -0.15) is 4.39 Å². The van der Waals surface area contributed by atoms with Crippen LogP contribution in [0, 0.1) is 23.5 Å². The van der Waals surface area contributed by atoms with Crippen LogP contribution in [0.4, 0.5) is 8.78 Å². The Balaban J connectivity index is 2.82. The van der Waals surface area contributed by atoms with E-state index in [1.165, 1.54) is 13.0 Å². The van der Waals surface area contributed by atoms with Crippen molar-refractivity contribution in [2.24, 2.45) is 0 Å². The van der Waals surface area contributed by atoms with Crippen molar-refractivity contribution in [3.8, 4) is 17.6 Å². The number of benzene rings is 1. The minimum absolute atomic E-state index is 0.0911. The fraction of sp³-hybridized carbons (Fsp3) is 0.182. The Morgan fingerprint density at radius 1 is 1.44 bits per heavy atom. The van der Waals surface area contributed by atoms with E-state index in [0.29, 0.717) is 0 Å².